The number of esters is 1. The lowest BCUT2D eigenvalue weighted by molar-refractivity contribution is 0.00703. The van der Waals surface area contributed by atoms with Gasteiger partial charge in [-0.25, -0.2) is 14.0 Å². The Morgan fingerprint density at radius 3 is 2.22 bits per heavy atom. The van der Waals surface area contributed by atoms with Gasteiger partial charge < -0.3 is 15.6 Å². The molecule has 1 aromatic carbocycles. The second-order valence-corrected chi connectivity index (χ2v) is 4.72. The maximum atomic E-state index is 13.2. The van der Waals surface area contributed by atoms with E-state index >= 15 is 0 Å². The van der Waals surface area contributed by atoms with Crippen LogP contribution in [-0.4, -0.2) is 22.6 Å². The number of hydrogen-bond acceptors (Lipinski definition) is 4. The number of benzene rings is 1. The van der Waals surface area contributed by atoms with Gasteiger partial charge >= 0.3 is 11.9 Å². The first kappa shape index (κ1) is 14.0. The third-order valence-corrected chi connectivity index (χ3v) is 1.99. The molecule has 0 amide bonds. The summed E-state index contributed by atoms with van der Waals surface area (Å²) in [6.45, 7) is 4.91. The van der Waals surface area contributed by atoms with E-state index in [-0.39, 0.29) is 11.3 Å². The van der Waals surface area contributed by atoms with Crippen LogP contribution in [0.25, 0.3) is 0 Å². The highest BCUT2D eigenvalue weighted by atomic mass is 19.1. The highest BCUT2D eigenvalue weighted by Gasteiger charge is 2.23. The third kappa shape index (κ3) is 3.19. The monoisotopic (exact) mass is 255 g/mol. The number of nitrogen functional groups attached to an aromatic ring is 1. The molecule has 5 nitrogen and oxygen atoms in total. The molecule has 1 rings (SSSR count). The highest BCUT2D eigenvalue weighted by Crippen LogP contribution is 2.22. The molecule has 0 unspecified atom stereocenters. The fraction of sp³-hybridized carbons (Fsp3) is 0.333. The lowest BCUT2D eigenvalue weighted by atomic mass is 10.1. The van der Waals surface area contributed by atoms with Gasteiger partial charge in [0.2, 0.25) is 0 Å². The zero-order chi connectivity index (χ0) is 14.1. The Hall–Kier alpha value is -2.11. The summed E-state index contributed by atoms with van der Waals surface area (Å²) in [4.78, 5) is 22.6. The second-order valence-electron chi connectivity index (χ2n) is 4.72. The number of carboxylic acid groups (broad SMARTS) is 1. The van der Waals surface area contributed by atoms with Gasteiger partial charge in [-0.2, -0.15) is 0 Å². The van der Waals surface area contributed by atoms with Crippen molar-refractivity contribution in [3.63, 3.8) is 0 Å². The molecule has 0 spiro atoms. The minimum absolute atomic E-state index is 0.290. The van der Waals surface area contributed by atoms with E-state index in [9.17, 15) is 14.0 Å². The first-order chi connectivity index (χ1) is 8.11. The molecule has 0 radical (unpaired) electrons. The summed E-state index contributed by atoms with van der Waals surface area (Å²) in [5.74, 6) is -3.12. The Morgan fingerprint density at radius 1 is 1.28 bits per heavy atom. The van der Waals surface area contributed by atoms with Gasteiger partial charge in [-0.3, -0.25) is 0 Å². The number of carboxylic acids is 1. The first-order valence-electron chi connectivity index (χ1n) is 5.17. The SMILES string of the molecule is CC(C)(C)OC(=O)c1cc(F)cc(C(=O)O)c1N. The molecule has 0 heterocycles. The lowest BCUT2D eigenvalue weighted by Gasteiger charge is -2.20. The summed E-state index contributed by atoms with van der Waals surface area (Å²) in [5, 5.41) is 8.83. The molecule has 0 bridgehead atoms. The van der Waals surface area contributed by atoms with Crippen molar-refractivity contribution in [1.29, 1.82) is 0 Å². The van der Waals surface area contributed by atoms with Gasteiger partial charge in [0.05, 0.1) is 16.8 Å². The molecule has 0 saturated carbocycles. The smallest absolute Gasteiger partial charge is 0.340 e. The van der Waals surface area contributed by atoms with Crippen LogP contribution in [0.5, 0.6) is 0 Å². The van der Waals surface area contributed by atoms with Gasteiger partial charge in [0.15, 0.2) is 0 Å². The number of ether oxygens (including phenoxy) is 1. The zero-order valence-electron chi connectivity index (χ0n) is 10.3. The highest BCUT2D eigenvalue weighted by molar-refractivity contribution is 6.03. The van der Waals surface area contributed by atoms with Crippen LogP contribution >= 0.6 is 0 Å². The van der Waals surface area contributed by atoms with E-state index in [1.165, 1.54) is 0 Å². The summed E-state index contributed by atoms with van der Waals surface area (Å²) in [5.41, 5.74) is 3.69. The molecule has 0 aliphatic heterocycles. The number of carbonyl (C=O) groups excluding carboxylic acids is 1. The molecule has 0 saturated heterocycles. The molecule has 6 heteroatoms. The summed E-state index contributed by atoms with van der Waals surface area (Å²) in [6, 6.07) is 1.61. The van der Waals surface area contributed by atoms with Crippen LogP contribution in [0.4, 0.5) is 10.1 Å². The van der Waals surface area contributed by atoms with E-state index in [0.717, 1.165) is 12.1 Å². The van der Waals surface area contributed by atoms with Gasteiger partial charge in [-0.1, -0.05) is 0 Å². The Balaban J connectivity index is 3.25. The number of anilines is 1. The topological polar surface area (TPSA) is 89.6 Å². The lowest BCUT2D eigenvalue weighted by Crippen LogP contribution is -2.25. The van der Waals surface area contributed by atoms with E-state index in [4.69, 9.17) is 15.6 Å². The van der Waals surface area contributed by atoms with E-state index in [1.54, 1.807) is 20.8 Å². The van der Waals surface area contributed by atoms with Crippen LogP contribution in [0.15, 0.2) is 12.1 Å². The number of nitrogens with two attached hydrogens (primary N) is 1. The van der Waals surface area contributed by atoms with Crippen LogP contribution in [-0.2, 0) is 4.74 Å². The normalized spacial score (nSPS) is 11.1. The molecule has 0 atom stereocenters. The molecule has 0 aliphatic carbocycles. The third-order valence-electron chi connectivity index (χ3n) is 1.99. The minimum atomic E-state index is -1.41. The van der Waals surface area contributed by atoms with E-state index in [1.807, 2.05) is 0 Å². The molecule has 18 heavy (non-hydrogen) atoms. The fourth-order valence-electron chi connectivity index (χ4n) is 1.30. The summed E-state index contributed by atoms with van der Waals surface area (Å²) in [6.07, 6.45) is 0. The van der Waals surface area contributed by atoms with Crippen molar-refractivity contribution < 1.29 is 23.8 Å². The Bertz CT molecular complexity index is 506. The van der Waals surface area contributed by atoms with Crippen molar-refractivity contribution in [1.82, 2.24) is 0 Å². The van der Waals surface area contributed by atoms with Gasteiger partial charge in [0.1, 0.15) is 11.4 Å². The molecule has 3 N–H and O–H groups in total. The van der Waals surface area contributed by atoms with Gasteiger partial charge in [0.25, 0.3) is 0 Å². The van der Waals surface area contributed by atoms with Crippen LogP contribution in [0.1, 0.15) is 41.5 Å². The standard InChI is InChI=1S/C12H14FNO4/c1-12(2,3)18-11(17)8-5-6(13)4-7(9(8)14)10(15)16/h4-5H,14H2,1-3H3,(H,15,16). The van der Waals surface area contributed by atoms with Crippen molar-refractivity contribution in [2.75, 3.05) is 5.73 Å². The summed E-state index contributed by atoms with van der Waals surface area (Å²) >= 11 is 0. The Labute approximate surface area is 103 Å². The van der Waals surface area contributed by atoms with Crippen molar-refractivity contribution in [2.45, 2.75) is 26.4 Å². The van der Waals surface area contributed by atoms with Crippen molar-refractivity contribution in [2.24, 2.45) is 0 Å². The van der Waals surface area contributed by atoms with Crippen LogP contribution in [0, 0.1) is 5.82 Å². The zero-order valence-corrected chi connectivity index (χ0v) is 10.3. The first-order valence-corrected chi connectivity index (χ1v) is 5.17. The molecule has 1 aromatic rings. The maximum Gasteiger partial charge on any atom is 0.340 e. The molecule has 0 aromatic heterocycles. The Kier molecular flexibility index (Phi) is 3.59. The average Bonchev–Trinajstić information content (AvgIpc) is 2.17. The molecule has 0 aliphatic rings. The average molecular weight is 255 g/mol. The number of halogens is 1. The van der Waals surface area contributed by atoms with Gasteiger partial charge in [0, 0.05) is 0 Å². The number of aromatic carboxylic acids is 1. The molecule has 98 valence electrons. The molecular weight excluding hydrogens is 241 g/mol. The largest absolute Gasteiger partial charge is 0.478 e. The minimum Gasteiger partial charge on any atom is -0.478 e. The molecule has 0 fully saturated rings. The van der Waals surface area contributed by atoms with Crippen LogP contribution in [0.3, 0.4) is 0 Å². The van der Waals surface area contributed by atoms with Crippen molar-refractivity contribution >= 4 is 17.6 Å². The predicted octanol–water partition coefficient (Wildman–Crippen LogP) is 2.06. The summed E-state index contributed by atoms with van der Waals surface area (Å²) in [7, 11) is 0. The molecular formula is C12H14FNO4. The van der Waals surface area contributed by atoms with Crippen molar-refractivity contribution in [3.8, 4) is 0 Å². The predicted molar refractivity (Wildman–Crippen MR) is 62.9 cm³/mol. The quantitative estimate of drug-likeness (QED) is 0.623. The number of carbonyl (C=O) groups is 2. The Morgan fingerprint density at radius 2 is 1.78 bits per heavy atom. The maximum absolute atomic E-state index is 13.2. The van der Waals surface area contributed by atoms with Crippen molar-refractivity contribution in [3.05, 3.63) is 29.1 Å². The van der Waals surface area contributed by atoms with Crippen LogP contribution < -0.4 is 5.73 Å². The fourth-order valence-corrected chi connectivity index (χ4v) is 1.30. The number of rotatable bonds is 2. The number of hydrogen-bond donors (Lipinski definition) is 2. The summed E-state index contributed by atoms with van der Waals surface area (Å²) < 4.78 is 18.3. The second kappa shape index (κ2) is 4.64. The van der Waals surface area contributed by atoms with Gasteiger partial charge in [-0.05, 0) is 32.9 Å². The van der Waals surface area contributed by atoms with E-state index < -0.39 is 28.9 Å². The van der Waals surface area contributed by atoms with E-state index in [2.05, 4.69) is 0 Å². The van der Waals surface area contributed by atoms with Crippen LogP contribution in [0.2, 0.25) is 0 Å². The van der Waals surface area contributed by atoms with E-state index in [0.29, 0.717) is 0 Å². The van der Waals surface area contributed by atoms with Gasteiger partial charge in [-0.15, -0.1) is 0 Å².